The minimum atomic E-state index is -0.249. The first-order valence-corrected chi connectivity index (χ1v) is 10.7. The Kier molecular flexibility index (Phi) is 4.89. The number of nitrogens with one attached hydrogen (secondary N) is 1. The molecule has 1 atom stereocenters. The molecule has 29 heavy (non-hydrogen) atoms. The number of cyclic esters (lactones) is 1. The normalized spacial score (nSPS) is 20.9. The Labute approximate surface area is 171 Å². The van der Waals surface area contributed by atoms with Crippen molar-refractivity contribution in [3.05, 3.63) is 41.8 Å². The van der Waals surface area contributed by atoms with Crippen molar-refractivity contribution < 1.29 is 13.9 Å². The highest BCUT2D eigenvalue weighted by Crippen LogP contribution is 2.37. The van der Waals surface area contributed by atoms with Gasteiger partial charge in [0.1, 0.15) is 28.8 Å². The van der Waals surface area contributed by atoms with Crippen LogP contribution in [0, 0.1) is 5.82 Å². The van der Waals surface area contributed by atoms with Crippen LogP contribution < -0.4 is 5.32 Å². The summed E-state index contributed by atoms with van der Waals surface area (Å²) in [7, 11) is 0. The van der Waals surface area contributed by atoms with Gasteiger partial charge in [0.2, 0.25) is 0 Å². The van der Waals surface area contributed by atoms with Gasteiger partial charge in [0, 0.05) is 36.5 Å². The average Bonchev–Trinajstić information content (AvgIpc) is 3.36. The highest BCUT2D eigenvalue weighted by atomic mass is 32.1. The number of nitrogens with zero attached hydrogens (tertiary/aromatic N) is 3. The fourth-order valence-electron chi connectivity index (χ4n) is 4.19. The van der Waals surface area contributed by atoms with E-state index in [2.05, 4.69) is 20.2 Å². The number of esters is 1. The zero-order chi connectivity index (χ0) is 19.8. The van der Waals surface area contributed by atoms with Crippen LogP contribution in [0.4, 0.5) is 10.2 Å². The van der Waals surface area contributed by atoms with E-state index in [1.165, 1.54) is 12.1 Å². The van der Waals surface area contributed by atoms with Gasteiger partial charge >= 0.3 is 5.97 Å². The number of rotatable bonds is 4. The first-order chi connectivity index (χ1) is 14.2. The van der Waals surface area contributed by atoms with E-state index in [1.54, 1.807) is 29.8 Å². The third-order valence-electron chi connectivity index (χ3n) is 5.74. The van der Waals surface area contributed by atoms with E-state index in [-0.39, 0.29) is 23.9 Å². The quantitative estimate of drug-likeness (QED) is 0.660. The molecule has 2 fully saturated rings. The van der Waals surface area contributed by atoms with Gasteiger partial charge in [-0.3, -0.25) is 9.69 Å². The lowest BCUT2D eigenvalue weighted by atomic mass is 10.0. The van der Waals surface area contributed by atoms with E-state index in [0.29, 0.717) is 6.61 Å². The number of carbonyl (C=O) groups is 1. The molecule has 2 saturated heterocycles. The van der Waals surface area contributed by atoms with E-state index >= 15 is 0 Å². The summed E-state index contributed by atoms with van der Waals surface area (Å²) in [5, 5.41) is 6.62. The van der Waals surface area contributed by atoms with Crippen LogP contribution in [0.5, 0.6) is 0 Å². The van der Waals surface area contributed by atoms with Crippen molar-refractivity contribution in [2.75, 3.05) is 25.0 Å². The summed E-state index contributed by atoms with van der Waals surface area (Å²) in [6.45, 7) is 2.26. The monoisotopic (exact) mass is 412 g/mol. The maximum absolute atomic E-state index is 13.3. The van der Waals surface area contributed by atoms with Gasteiger partial charge in [0.15, 0.2) is 0 Å². The van der Waals surface area contributed by atoms with E-state index in [4.69, 9.17) is 4.74 Å². The zero-order valence-corrected chi connectivity index (χ0v) is 16.6. The highest BCUT2D eigenvalue weighted by Gasteiger charge is 2.34. The largest absolute Gasteiger partial charge is 0.464 e. The van der Waals surface area contributed by atoms with Crippen LogP contribution in [0.2, 0.25) is 0 Å². The molecule has 0 aliphatic carbocycles. The maximum Gasteiger partial charge on any atom is 0.323 e. The molecule has 1 N–H and O–H groups in total. The molecule has 6 nitrogen and oxygen atoms in total. The number of benzene rings is 1. The molecule has 0 spiro atoms. The summed E-state index contributed by atoms with van der Waals surface area (Å²) in [5.74, 6) is 0.478. The fraction of sp³-hybridized carbons (Fsp3) is 0.381. The predicted octanol–water partition coefficient (Wildman–Crippen LogP) is 3.69. The smallest absolute Gasteiger partial charge is 0.323 e. The van der Waals surface area contributed by atoms with E-state index < -0.39 is 0 Å². The number of ether oxygens (including phenoxy) is 1. The summed E-state index contributed by atoms with van der Waals surface area (Å²) in [5.41, 5.74) is 1.96. The molecule has 5 rings (SSSR count). The number of anilines is 1. The summed E-state index contributed by atoms with van der Waals surface area (Å²) < 4.78 is 18.4. The molecule has 3 aromatic rings. The van der Waals surface area contributed by atoms with Gasteiger partial charge in [0.25, 0.3) is 0 Å². The Morgan fingerprint density at radius 2 is 1.93 bits per heavy atom. The number of piperidine rings is 1. The lowest BCUT2D eigenvalue weighted by molar-refractivity contribution is -0.142. The number of hydrogen-bond acceptors (Lipinski definition) is 7. The van der Waals surface area contributed by atoms with Crippen molar-refractivity contribution in [3.8, 4) is 11.1 Å². The zero-order valence-electron chi connectivity index (χ0n) is 15.8. The van der Waals surface area contributed by atoms with Crippen LogP contribution in [-0.4, -0.2) is 52.6 Å². The summed E-state index contributed by atoms with van der Waals surface area (Å²) in [6.07, 6.45) is 4.25. The number of fused-ring (bicyclic) bond motifs is 1. The standard InChI is InChI=1S/C21H21FN4O2S/c22-14-3-1-13(2-4-14)16-11-29-20-18(16)19(23-12-24-20)25-15-5-8-26(9-6-15)17-7-10-28-21(17)27/h1-4,11-12,15,17H,5-10H2,(H,23,24,25)/t17-/m1/s1. The number of thiophene rings is 1. The Hall–Kier alpha value is -2.58. The molecule has 0 amide bonds. The Morgan fingerprint density at radius 1 is 1.14 bits per heavy atom. The van der Waals surface area contributed by atoms with Crippen molar-refractivity contribution >= 4 is 33.3 Å². The third kappa shape index (κ3) is 3.58. The van der Waals surface area contributed by atoms with Crippen molar-refractivity contribution in [1.29, 1.82) is 0 Å². The molecule has 0 radical (unpaired) electrons. The van der Waals surface area contributed by atoms with Crippen molar-refractivity contribution in [2.24, 2.45) is 0 Å². The van der Waals surface area contributed by atoms with E-state index in [0.717, 1.165) is 59.5 Å². The minimum absolute atomic E-state index is 0.0799. The van der Waals surface area contributed by atoms with Gasteiger partial charge < -0.3 is 10.1 Å². The van der Waals surface area contributed by atoms with Gasteiger partial charge in [0.05, 0.1) is 12.0 Å². The lowest BCUT2D eigenvalue weighted by Gasteiger charge is -2.34. The molecule has 2 aliphatic rings. The van der Waals surface area contributed by atoms with Crippen LogP contribution in [0.1, 0.15) is 19.3 Å². The van der Waals surface area contributed by atoms with E-state index in [1.807, 2.05) is 5.38 Å². The SMILES string of the molecule is O=C1OCC[C@H]1N1CCC(Nc2ncnc3scc(-c4ccc(F)cc4)c23)CC1. The lowest BCUT2D eigenvalue weighted by Crippen LogP contribution is -2.46. The molecule has 2 aromatic heterocycles. The molecular formula is C21H21FN4O2S. The summed E-state index contributed by atoms with van der Waals surface area (Å²) >= 11 is 1.56. The topological polar surface area (TPSA) is 67.3 Å². The van der Waals surface area contributed by atoms with Crippen LogP contribution >= 0.6 is 11.3 Å². The van der Waals surface area contributed by atoms with E-state index in [9.17, 15) is 9.18 Å². The molecule has 1 aromatic carbocycles. The molecule has 0 unspecified atom stereocenters. The van der Waals surface area contributed by atoms with Gasteiger partial charge in [-0.2, -0.15) is 0 Å². The second-order valence-corrected chi connectivity index (χ2v) is 8.34. The number of carbonyl (C=O) groups excluding carboxylic acids is 1. The fourth-order valence-corrected chi connectivity index (χ4v) is 5.11. The highest BCUT2D eigenvalue weighted by molar-refractivity contribution is 7.17. The van der Waals surface area contributed by atoms with Gasteiger partial charge in [-0.05, 0) is 30.5 Å². The van der Waals surface area contributed by atoms with Crippen LogP contribution in [0.15, 0.2) is 36.0 Å². The molecule has 0 bridgehead atoms. The first kappa shape index (κ1) is 18.4. The number of likely N-dealkylation sites (tertiary alicyclic amines) is 1. The van der Waals surface area contributed by atoms with Gasteiger partial charge in [-0.1, -0.05) is 12.1 Å². The Bertz CT molecular complexity index is 1030. The molecule has 8 heteroatoms. The first-order valence-electron chi connectivity index (χ1n) is 9.84. The average molecular weight is 412 g/mol. The van der Waals surface area contributed by atoms with Crippen LogP contribution in [0.3, 0.4) is 0 Å². The van der Waals surface area contributed by atoms with Crippen molar-refractivity contribution in [2.45, 2.75) is 31.3 Å². The van der Waals surface area contributed by atoms with Crippen molar-refractivity contribution in [1.82, 2.24) is 14.9 Å². The maximum atomic E-state index is 13.3. The predicted molar refractivity (Wildman–Crippen MR) is 110 cm³/mol. The second-order valence-electron chi connectivity index (χ2n) is 7.49. The summed E-state index contributed by atoms with van der Waals surface area (Å²) in [4.78, 5) is 23.9. The molecular weight excluding hydrogens is 391 g/mol. The van der Waals surface area contributed by atoms with Crippen LogP contribution in [-0.2, 0) is 9.53 Å². The molecule has 0 saturated carbocycles. The molecule has 2 aliphatic heterocycles. The summed E-state index contributed by atoms with van der Waals surface area (Å²) in [6, 6.07) is 6.71. The second kappa shape index (κ2) is 7.68. The number of aromatic nitrogens is 2. The Morgan fingerprint density at radius 3 is 2.66 bits per heavy atom. The number of hydrogen-bond donors (Lipinski definition) is 1. The third-order valence-corrected chi connectivity index (χ3v) is 6.63. The number of halogens is 1. The van der Waals surface area contributed by atoms with Gasteiger partial charge in [-0.25, -0.2) is 14.4 Å². The van der Waals surface area contributed by atoms with Crippen LogP contribution in [0.25, 0.3) is 21.3 Å². The minimum Gasteiger partial charge on any atom is -0.464 e. The van der Waals surface area contributed by atoms with Crippen molar-refractivity contribution in [3.63, 3.8) is 0 Å². The molecule has 4 heterocycles. The molecule has 150 valence electrons. The Balaban J connectivity index is 1.35. The van der Waals surface area contributed by atoms with Gasteiger partial charge in [-0.15, -0.1) is 11.3 Å².